The zero-order chi connectivity index (χ0) is 11.9. The van der Waals surface area contributed by atoms with Crippen LogP contribution in [0.25, 0.3) is 0 Å². The Balaban J connectivity index is 2.52. The first-order valence-corrected chi connectivity index (χ1v) is 6.60. The monoisotopic (exact) mass is 242 g/mol. The molecule has 0 bridgehead atoms. The Bertz CT molecular complexity index is 505. The van der Waals surface area contributed by atoms with Crippen molar-refractivity contribution in [3.63, 3.8) is 0 Å². The number of aliphatic hydroxyl groups excluding tert-OH is 1. The molecule has 1 aliphatic rings. The third kappa shape index (κ3) is 1.60. The Morgan fingerprint density at radius 1 is 1.50 bits per heavy atom. The van der Waals surface area contributed by atoms with Crippen molar-refractivity contribution in [1.82, 2.24) is 0 Å². The topological polar surface area (TPSA) is 63.6 Å². The fourth-order valence-electron chi connectivity index (χ4n) is 2.04. The summed E-state index contributed by atoms with van der Waals surface area (Å²) in [5, 5.41) is 8.75. The van der Waals surface area contributed by atoms with Gasteiger partial charge in [-0.3, -0.25) is 0 Å². The van der Waals surface area contributed by atoms with E-state index in [4.69, 9.17) is 4.74 Å². The third-order valence-corrected chi connectivity index (χ3v) is 5.30. The van der Waals surface area contributed by atoms with Crippen LogP contribution in [-0.4, -0.2) is 32.0 Å². The number of rotatable bonds is 2. The van der Waals surface area contributed by atoms with Crippen LogP contribution in [-0.2, 0) is 16.3 Å². The molecule has 1 aromatic carbocycles. The molecule has 4 nitrogen and oxygen atoms in total. The van der Waals surface area contributed by atoms with Gasteiger partial charge in [0.05, 0.1) is 23.4 Å². The van der Waals surface area contributed by atoms with Gasteiger partial charge in [-0.25, -0.2) is 8.42 Å². The minimum atomic E-state index is -3.38. The standard InChI is InChI=1S/C11H14O4S/c1-7(12)11-6-8-5-9(15-2)3-4-10(8)16(11,13)14/h3-5,7,11-12H,6H2,1-2H3. The molecule has 88 valence electrons. The molecule has 0 saturated heterocycles. The maximum Gasteiger partial charge on any atom is 0.184 e. The van der Waals surface area contributed by atoms with E-state index in [1.807, 2.05) is 0 Å². The molecule has 0 spiro atoms. The summed E-state index contributed by atoms with van der Waals surface area (Å²) in [5.41, 5.74) is 0.727. The molecule has 1 aromatic rings. The first kappa shape index (κ1) is 11.4. The highest BCUT2D eigenvalue weighted by molar-refractivity contribution is 7.92. The normalized spacial score (nSPS) is 23.8. The molecule has 0 aliphatic carbocycles. The predicted octanol–water partition coefficient (Wildman–Crippen LogP) is 0.774. The van der Waals surface area contributed by atoms with Gasteiger partial charge in [0.25, 0.3) is 0 Å². The van der Waals surface area contributed by atoms with E-state index < -0.39 is 21.2 Å². The summed E-state index contributed by atoms with van der Waals surface area (Å²) in [5.74, 6) is 0.639. The van der Waals surface area contributed by atoms with Gasteiger partial charge in [0.15, 0.2) is 9.84 Å². The van der Waals surface area contributed by atoms with Crippen molar-refractivity contribution in [3.8, 4) is 5.75 Å². The van der Waals surface area contributed by atoms with Crippen molar-refractivity contribution in [2.45, 2.75) is 29.6 Å². The third-order valence-electron chi connectivity index (χ3n) is 2.93. The first-order chi connectivity index (χ1) is 7.46. The fourth-order valence-corrected chi connectivity index (χ4v) is 4.05. The highest BCUT2D eigenvalue weighted by atomic mass is 32.2. The van der Waals surface area contributed by atoms with Gasteiger partial charge in [0.2, 0.25) is 0 Å². The summed E-state index contributed by atoms with van der Waals surface area (Å²) in [6.45, 7) is 1.51. The summed E-state index contributed by atoms with van der Waals surface area (Å²) in [6, 6.07) is 4.89. The number of methoxy groups -OCH3 is 1. The Morgan fingerprint density at radius 3 is 2.75 bits per heavy atom. The van der Waals surface area contributed by atoms with Crippen LogP contribution in [0.2, 0.25) is 0 Å². The van der Waals surface area contributed by atoms with Crippen molar-refractivity contribution < 1.29 is 18.3 Å². The van der Waals surface area contributed by atoms with E-state index in [0.29, 0.717) is 17.1 Å². The smallest absolute Gasteiger partial charge is 0.184 e. The average Bonchev–Trinajstić information content (AvgIpc) is 2.50. The van der Waals surface area contributed by atoms with Crippen molar-refractivity contribution in [2.75, 3.05) is 7.11 Å². The number of hydrogen-bond donors (Lipinski definition) is 1. The van der Waals surface area contributed by atoms with E-state index in [9.17, 15) is 13.5 Å². The largest absolute Gasteiger partial charge is 0.497 e. The molecular weight excluding hydrogens is 228 g/mol. The highest BCUT2D eigenvalue weighted by Gasteiger charge is 2.39. The van der Waals surface area contributed by atoms with Crippen LogP contribution in [0.15, 0.2) is 23.1 Å². The zero-order valence-electron chi connectivity index (χ0n) is 9.17. The van der Waals surface area contributed by atoms with Gasteiger partial charge in [0, 0.05) is 0 Å². The second kappa shape index (κ2) is 3.75. The fraction of sp³-hybridized carbons (Fsp3) is 0.455. The molecule has 1 aliphatic heterocycles. The molecule has 2 unspecified atom stereocenters. The van der Waals surface area contributed by atoms with Crippen molar-refractivity contribution in [2.24, 2.45) is 0 Å². The average molecular weight is 242 g/mol. The molecule has 5 heteroatoms. The highest BCUT2D eigenvalue weighted by Crippen LogP contribution is 2.34. The van der Waals surface area contributed by atoms with E-state index in [2.05, 4.69) is 0 Å². The number of aliphatic hydroxyl groups is 1. The number of sulfone groups is 1. The molecule has 2 atom stereocenters. The number of ether oxygens (including phenoxy) is 1. The second-order valence-corrected chi connectivity index (χ2v) is 6.14. The van der Waals surface area contributed by atoms with E-state index in [1.54, 1.807) is 18.2 Å². The van der Waals surface area contributed by atoms with Gasteiger partial charge in [-0.2, -0.15) is 0 Å². The molecule has 1 N–H and O–H groups in total. The molecule has 0 aromatic heterocycles. The molecule has 0 saturated carbocycles. The maximum absolute atomic E-state index is 12.0. The van der Waals surface area contributed by atoms with E-state index in [1.165, 1.54) is 14.0 Å². The van der Waals surface area contributed by atoms with Crippen LogP contribution >= 0.6 is 0 Å². The lowest BCUT2D eigenvalue weighted by Gasteiger charge is -2.11. The summed E-state index contributed by atoms with van der Waals surface area (Å²) in [6.07, 6.45) is -0.504. The molecule has 16 heavy (non-hydrogen) atoms. The Morgan fingerprint density at radius 2 is 2.19 bits per heavy atom. The summed E-state index contributed by atoms with van der Waals surface area (Å²) in [4.78, 5) is 0.319. The van der Waals surface area contributed by atoms with Crippen LogP contribution in [0.4, 0.5) is 0 Å². The molecule has 0 amide bonds. The van der Waals surface area contributed by atoms with E-state index in [0.717, 1.165) is 5.56 Å². The Kier molecular flexibility index (Phi) is 2.67. The van der Waals surface area contributed by atoms with Crippen LogP contribution in [0.3, 0.4) is 0 Å². The molecule has 1 heterocycles. The predicted molar refractivity (Wildman–Crippen MR) is 59.4 cm³/mol. The summed E-state index contributed by atoms with van der Waals surface area (Å²) in [7, 11) is -1.84. The van der Waals surface area contributed by atoms with Gasteiger partial charge in [-0.15, -0.1) is 0 Å². The van der Waals surface area contributed by atoms with Crippen LogP contribution < -0.4 is 4.74 Å². The lowest BCUT2D eigenvalue weighted by Crippen LogP contribution is -2.29. The lowest BCUT2D eigenvalue weighted by molar-refractivity contribution is 0.189. The van der Waals surface area contributed by atoms with Crippen LogP contribution in [0, 0.1) is 0 Å². The van der Waals surface area contributed by atoms with E-state index >= 15 is 0 Å². The summed E-state index contributed by atoms with van der Waals surface area (Å²) < 4.78 is 29.1. The summed E-state index contributed by atoms with van der Waals surface area (Å²) >= 11 is 0. The number of hydrogen-bond acceptors (Lipinski definition) is 4. The minimum Gasteiger partial charge on any atom is -0.497 e. The first-order valence-electron chi connectivity index (χ1n) is 5.05. The zero-order valence-corrected chi connectivity index (χ0v) is 9.99. The van der Waals surface area contributed by atoms with Gasteiger partial charge < -0.3 is 9.84 Å². The van der Waals surface area contributed by atoms with Gasteiger partial charge in [0.1, 0.15) is 5.75 Å². The number of benzene rings is 1. The lowest BCUT2D eigenvalue weighted by atomic mass is 10.1. The minimum absolute atomic E-state index is 0.319. The van der Waals surface area contributed by atoms with Gasteiger partial charge in [-0.05, 0) is 37.1 Å². The molecular formula is C11H14O4S. The number of fused-ring (bicyclic) bond motifs is 1. The van der Waals surface area contributed by atoms with Gasteiger partial charge >= 0.3 is 0 Å². The van der Waals surface area contributed by atoms with Crippen LogP contribution in [0.1, 0.15) is 12.5 Å². The Hall–Kier alpha value is -1.07. The van der Waals surface area contributed by atoms with Crippen molar-refractivity contribution >= 4 is 9.84 Å². The maximum atomic E-state index is 12.0. The van der Waals surface area contributed by atoms with Crippen molar-refractivity contribution in [3.05, 3.63) is 23.8 Å². The Labute approximate surface area is 94.8 Å². The van der Waals surface area contributed by atoms with Crippen molar-refractivity contribution in [1.29, 1.82) is 0 Å². The van der Waals surface area contributed by atoms with Crippen LogP contribution in [0.5, 0.6) is 5.75 Å². The molecule has 2 rings (SSSR count). The SMILES string of the molecule is COc1ccc2c(c1)CC(C(C)O)S2(=O)=O. The van der Waals surface area contributed by atoms with Gasteiger partial charge in [-0.1, -0.05) is 0 Å². The molecule has 0 radical (unpaired) electrons. The van der Waals surface area contributed by atoms with E-state index in [-0.39, 0.29) is 0 Å². The second-order valence-electron chi connectivity index (χ2n) is 4.00. The molecule has 0 fully saturated rings. The quantitative estimate of drug-likeness (QED) is 0.832.